The molecule has 10 aromatic carbocycles. The van der Waals surface area contributed by atoms with Gasteiger partial charge in [0.05, 0.1) is 34.4 Å². The molecule has 10 nitrogen and oxygen atoms in total. The highest BCUT2D eigenvalue weighted by atomic mass is 31.2. The maximum Gasteiger partial charge on any atom is 0.282 e. The largest absolute Gasteiger partial charge is 0.507 e. The fourth-order valence-electron chi connectivity index (χ4n) is 12.1. The van der Waals surface area contributed by atoms with E-state index in [4.69, 9.17) is 13.6 Å². The summed E-state index contributed by atoms with van der Waals surface area (Å²) in [5, 5.41) is 38.6. The van der Waals surface area contributed by atoms with Crippen molar-refractivity contribution in [2.24, 2.45) is 0 Å². The van der Waals surface area contributed by atoms with E-state index in [-0.39, 0.29) is 58.6 Å². The summed E-state index contributed by atoms with van der Waals surface area (Å²) in [5.74, 6) is 0.967. The Hall–Kier alpha value is -8.08. The molecule has 3 N–H and O–H groups in total. The number of para-hydroxylation sites is 4. The fraction of sp³-hybridized carbons (Fsp3) is 0.118. The van der Waals surface area contributed by atoms with Gasteiger partial charge in [0, 0.05) is 61.4 Å². The Morgan fingerprint density at radius 3 is 1.10 bits per heavy atom. The number of phenolic OH excluding ortho intramolecular Hbond substituents is 3. The van der Waals surface area contributed by atoms with Crippen LogP contribution in [-0.4, -0.2) is 22.0 Å². The number of phenols is 3. The fourth-order valence-corrected chi connectivity index (χ4v) is 21.4. The molecule has 0 saturated heterocycles. The Balaban J connectivity index is 0.987. The van der Waals surface area contributed by atoms with Crippen molar-refractivity contribution >= 4 is 50.5 Å². The third-order valence-electron chi connectivity index (χ3n) is 16.3. The van der Waals surface area contributed by atoms with E-state index < -0.39 is 34.7 Å². The average molecular weight is 1160 g/mol. The van der Waals surface area contributed by atoms with Crippen LogP contribution in [0.1, 0.15) is 47.2 Å². The van der Waals surface area contributed by atoms with Crippen LogP contribution in [0.3, 0.4) is 0 Å². The molecule has 408 valence electrons. The first-order valence-electron chi connectivity index (χ1n) is 27.0. The van der Waals surface area contributed by atoms with Crippen LogP contribution < -0.4 is 34.8 Å². The summed E-state index contributed by atoms with van der Waals surface area (Å²) in [7, 11) is -15.1. The predicted octanol–water partition coefficient (Wildman–Crippen LogP) is 16.1. The van der Waals surface area contributed by atoms with Gasteiger partial charge in [-0.25, -0.2) is 0 Å². The minimum atomic E-state index is -3.87. The highest BCUT2D eigenvalue weighted by Crippen LogP contribution is 2.62. The number of rotatable bonds is 12. The summed E-state index contributed by atoms with van der Waals surface area (Å²) in [6.07, 6.45) is -0.860. The summed E-state index contributed by atoms with van der Waals surface area (Å²) in [6.45, 7) is 5.62. The monoisotopic (exact) mass is 1160 g/mol. The zero-order chi connectivity index (χ0) is 56.8. The number of aromatic hydroxyl groups is 3. The van der Waals surface area contributed by atoms with Gasteiger partial charge >= 0.3 is 0 Å². The van der Waals surface area contributed by atoms with Crippen molar-refractivity contribution in [2.45, 2.75) is 43.9 Å². The van der Waals surface area contributed by atoms with Crippen LogP contribution in [0.2, 0.25) is 0 Å². The lowest BCUT2D eigenvalue weighted by molar-refractivity contribution is 0.455. The van der Waals surface area contributed by atoms with Gasteiger partial charge in [-0.05, 0) is 82.5 Å². The van der Waals surface area contributed by atoms with Crippen molar-refractivity contribution < 1.29 is 47.2 Å². The van der Waals surface area contributed by atoms with Gasteiger partial charge in [0.1, 0.15) is 41.6 Å². The summed E-state index contributed by atoms with van der Waals surface area (Å²) in [6, 6.07) is 65.9. The SMILES string of the molecule is CC(C)(c1cc(CP(C)(=O)c2ccccc2-c2ccccc2O)c(O)c(CP2(=O)Oc3ccccc3-c3ccccc32)c1)c1cc(CP2(=O)Oc3ccccc3-c3ccccc32)c(O)c(CP2(=O)Oc3ccccc3-c3ccccc32)c1. The lowest BCUT2D eigenvalue weighted by atomic mass is 9.76. The molecule has 3 aliphatic rings. The normalized spacial score (nSPS) is 19.0. The Morgan fingerprint density at radius 1 is 0.390 bits per heavy atom. The molecule has 0 radical (unpaired) electrons. The summed E-state index contributed by atoms with van der Waals surface area (Å²) >= 11 is 0. The van der Waals surface area contributed by atoms with Crippen LogP contribution in [0.5, 0.6) is 34.5 Å². The van der Waals surface area contributed by atoms with E-state index >= 15 is 18.3 Å². The van der Waals surface area contributed by atoms with Gasteiger partial charge in [-0.3, -0.25) is 13.7 Å². The van der Waals surface area contributed by atoms with E-state index in [1.807, 2.05) is 159 Å². The first-order chi connectivity index (χ1) is 39.4. The Labute approximate surface area is 476 Å². The third kappa shape index (κ3) is 9.14. The highest BCUT2D eigenvalue weighted by Gasteiger charge is 2.42. The number of hydrogen-bond donors (Lipinski definition) is 3. The van der Waals surface area contributed by atoms with E-state index in [1.165, 1.54) is 0 Å². The van der Waals surface area contributed by atoms with Gasteiger partial charge in [-0.15, -0.1) is 0 Å². The van der Waals surface area contributed by atoms with Crippen molar-refractivity contribution in [3.63, 3.8) is 0 Å². The summed E-state index contributed by atoms with van der Waals surface area (Å²) in [5.41, 5.74) is 7.04. The zero-order valence-corrected chi connectivity index (χ0v) is 48.7. The van der Waals surface area contributed by atoms with E-state index in [9.17, 15) is 15.3 Å². The lowest BCUT2D eigenvalue weighted by Crippen LogP contribution is -2.23. The van der Waals surface area contributed by atoms with Gasteiger partial charge in [0.25, 0.3) is 22.1 Å². The van der Waals surface area contributed by atoms with Gasteiger partial charge in [0.15, 0.2) is 0 Å². The van der Waals surface area contributed by atoms with Crippen molar-refractivity contribution in [2.75, 3.05) is 6.66 Å². The number of hydrogen-bond acceptors (Lipinski definition) is 10. The maximum atomic E-state index is 15.8. The topological polar surface area (TPSA) is 157 Å². The molecule has 10 aromatic rings. The molecule has 4 unspecified atom stereocenters. The predicted molar refractivity (Wildman–Crippen MR) is 329 cm³/mol. The smallest absolute Gasteiger partial charge is 0.282 e. The Bertz CT molecular complexity index is 4340. The molecule has 3 aliphatic heterocycles. The first kappa shape index (κ1) is 53.2. The molecule has 14 heteroatoms. The molecule has 82 heavy (non-hydrogen) atoms. The molecule has 3 heterocycles. The molecule has 4 atom stereocenters. The van der Waals surface area contributed by atoms with E-state index in [0.29, 0.717) is 66.3 Å². The third-order valence-corrected chi connectivity index (χ3v) is 25.7. The van der Waals surface area contributed by atoms with Crippen molar-refractivity contribution in [1.29, 1.82) is 0 Å². The standard InChI is InChI=1S/C68H56O10P4/c1-68(2,48-36-44(40-79(3,72)62-32-16-8-24-54(62)50-20-4-12-28-58(50)69)66(70)45(37-48)41-80(73)63-33-17-9-25-55(63)51-21-5-13-29-59(51)76-80)49-38-46(42-81(74)64-34-18-10-26-56(64)52-22-6-14-30-60(52)77-81)67(71)47(39-49)43-82(75)65-35-19-11-27-57(65)53-23-7-15-31-61(53)78-82/h4-39,69-71H,40-43H2,1-3H3. The molecule has 0 aliphatic carbocycles. The molecule has 0 aromatic heterocycles. The van der Waals surface area contributed by atoms with Crippen LogP contribution in [0.25, 0.3) is 44.5 Å². The number of fused-ring (bicyclic) bond motifs is 9. The van der Waals surface area contributed by atoms with Gasteiger partial charge < -0.3 is 33.5 Å². The minimum absolute atomic E-state index is 0.0266. The van der Waals surface area contributed by atoms with Gasteiger partial charge in [-0.2, -0.15) is 0 Å². The molecule has 0 saturated carbocycles. The highest BCUT2D eigenvalue weighted by molar-refractivity contribution is 7.70. The zero-order valence-electron chi connectivity index (χ0n) is 45.1. The second-order valence-corrected chi connectivity index (χ2v) is 32.0. The Morgan fingerprint density at radius 2 is 0.695 bits per heavy atom. The quantitative estimate of drug-likeness (QED) is 0.101. The van der Waals surface area contributed by atoms with Crippen molar-refractivity contribution in [3.05, 3.63) is 252 Å². The maximum absolute atomic E-state index is 15.8. The van der Waals surface area contributed by atoms with Crippen molar-refractivity contribution in [1.82, 2.24) is 0 Å². The van der Waals surface area contributed by atoms with Crippen LogP contribution in [-0.2, 0) is 48.3 Å². The second-order valence-electron chi connectivity index (χ2n) is 22.0. The molecule has 13 rings (SSSR count). The summed E-state index contributed by atoms with van der Waals surface area (Å²) in [4.78, 5) is 0. The van der Waals surface area contributed by atoms with Crippen LogP contribution >= 0.6 is 29.2 Å². The Kier molecular flexibility index (Phi) is 13.1. The van der Waals surface area contributed by atoms with E-state index in [1.54, 1.807) is 79.5 Å². The van der Waals surface area contributed by atoms with E-state index in [0.717, 1.165) is 33.4 Å². The average Bonchev–Trinajstić information content (AvgIpc) is 3.47. The van der Waals surface area contributed by atoms with Crippen LogP contribution in [0, 0.1) is 0 Å². The molecule has 0 fully saturated rings. The van der Waals surface area contributed by atoms with Gasteiger partial charge in [-0.1, -0.05) is 190 Å². The van der Waals surface area contributed by atoms with E-state index in [2.05, 4.69) is 0 Å². The molecular weight excluding hydrogens is 1100 g/mol. The molecule has 0 bridgehead atoms. The van der Waals surface area contributed by atoms with Crippen LogP contribution in [0.15, 0.2) is 218 Å². The lowest BCUT2D eigenvalue weighted by Gasteiger charge is -2.33. The van der Waals surface area contributed by atoms with Gasteiger partial charge in [0.2, 0.25) is 0 Å². The first-order valence-corrected chi connectivity index (χ1v) is 34.8. The summed E-state index contributed by atoms with van der Waals surface area (Å²) < 4.78 is 82.8. The molecule has 0 spiro atoms. The second kappa shape index (κ2) is 20.1. The number of benzene rings is 10. The molecular formula is C68H56O10P4. The molecule has 0 amide bonds. The minimum Gasteiger partial charge on any atom is -0.507 e. The van der Waals surface area contributed by atoms with Crippen molar-refractivity contribution in [3.8, 4) is 79.0 Å². The van der Waals surface area contributed by atoms with Crippen LogP contribution in [0.4, 0.5) is 0 Å².